The standard InChI is InChI=1S/C23H25N7O2S2/c1-13(31)24-22-28-26-20(33-22)14-6-5-7-15(10-14)21-27-29-23(34-21)25-19(32)11-16-12-30(2)18-9-4-3-8-17(16)18/h3-4,8-9,12,14-15H,5-7,10-11H2,1-2H3,(H,24,28,31)(H,25,29,32)/t14-,15-/m0/s1. The maximum Gasteiger partial charge on any atom is 0.230 e. The molecule has 0 radical (unpaired) electrons. The largest absolute Gasteiger partial charge is 0.350 e. The first-order valence-electron chi connectivity index (χ1n) is 11.2. The van der Waals surface area contributed by atoms with E-state index in [2.05, 4.69) is 31.0 Å². The molecule has 0 unspecified atom stereocenters. The number of fused-ring (bicyclic) bond motifs is 1. The molecule has 5 rings (SSSR count). The van der Waals surface area contributed by atoms with E-state index in [9.17, 15) is 9.59 Å². The molecule has 1 aliphatic carbocycles. The van der Waals surface area contributed by atoms with E-state index in [1.807, 2.05) is 42.1 Å². The fraction of sp³-hybridized carbons (Fsp3) is 0.391. The zero-order valence-electron chi connectivity index (χ0n) is 18.9. The molecule has 176 valence electrons. The number of nitrogens with one attached hydrogen (secondary N) is 2. The van der Waals surface area contributed by atoms with Crippen molar-refractivity contribution in [1.29, 1.82) is 0 Å². The minimum atomic E-state index is -0.145. The molecule has 1 aromatic carbocycles. The first-order chi connectivity index (χ1) is 16.5. The summed E-state index contributed by atoms with van der Waals surface area (Å²) >= 11 is 2.89. The monoisotopic (exact) mass is 495 g/mol. The average molecular weight is 496 g/mol. The number of carbonyl (C=O) groups is 2. The number of anilines is 2. The van der Waals surface area contributed by atoms with E-state index in [0.717, 1.165) is 52.2 Å². The van der Waals surface area contributed by atoms with Crippen LogP contribution in [0.1, 0.15) is 60.0 Å². The fourth-order valence-electron chi connectivity index (χ4n) is 4.59. The van der Waals surface area contributed by atoms with Crippen molar-refractivity contribution < 1.29 is 9.59 Å². The molecule has 0 saturated heterocycles. The molecule has 0 bridgehead atoms. The number of hydrogen-bond acceptors (Lipinski definition) is 8. The topological polar surface area (TPSA) is 115 Å². The van der Waals surface area contributed by atoms with Gasteiger partial charge in [-0.3, -0.25) is 9.59 Å². The molecule has 3 aromatic heterocycles. The van der Waals surface area contributed by atoms with Gasteiger partial charge in [0, 0.05) is 42.9 Å². The van der Waals surface area contributed by atoms with Crippen molar-refractivity contribution in [2.75, 3.05) is 10.6 Å². The molecule has 1 fully saturated rings. The van der Waals surface area contributed by atoms with Gasteiger partial charge in [-0.25, -0.2) is 0 Å². The quantitative estimate of drug-likeness (QED) is 0.408. The van der Waals surface area contributed by atoms with Gasteiger partial charge >= 0.3 is 0 Å². The second-order valence-electron chi connectivity index (χ2n) is 8.64. The molecule has 2 amide bonds. The molecule has 34 heavy (non-hydrogen) atoms. The van der Waals surface area contributed by atoms with Crippen LogP contribution in [-0.4, -0.2) is 36.8 Å². The van der Waals surface area contributed by atoms with E-state index in [4.69, 9.17) is 0 Å². The maximum absolute atomic E-state index is 12.7. The van der Waals surface area contributed by atoms with Crippen LogP contribution in [0, 0.1) is 0 Å². The number of para-hydroxylation sites is 1. The lowest BCUT2D eigenvalue weighted by atomic mass is 9.82. The van der Waals surface area contributed by atoms with Gasteiger partial charge in [-0.1, -0.05) is 47.3 Å². The van der Waals surface area contributed by atoms with Crippen molar-refractivity contribution in [3.8, 4) is 0 Å². The van der Waals surface area contributed by atoms with E-state index < -0.39 is 0 Å². The smallest absolute Gasteiger partial charge is 0.230 e. The lowest BCUT2D eigenvalue weighted by Gasteiger charge is -2.25. The van der Waals surface area contributed by atoms with Crippen LogP contribution in [0.4, 0.5) is 10.3 Å². The van der Waals surface area contributed by atoms with Crippen molar-refractivity contribution in [2.24, 2.45) is 7.05 Å². The number of rotatable bonds is 6. The van der Waals surface area contributed by atoms with Crippen LogP contribution >= 0.6 is 22.7 Å². The Labute approximate surface area is 204 Å². The van der Waals surface area contributed by atoms with Crippen molar-refractivity contribution in [1.82, 2.24) is 25.0 Å². The fourth-order valence-corrected chi connectivity index (χ4v) is 6.44. The zero-order valence-corrected chi connectivity index (χ0v) is 20.6. The highest BCUT2D eigenvalue weighted by molar-refractivity contribution is 7.15. The van der Waals surface area contributed by atoms with Crippen LogP contribution in [0.3, 0.4) is 0 Å². The number of benzene rings is 1. The summed E-state index contributed by atoms with van der Waals surface area (Å²) < 4.78 is 2.04. The maximum atomic E-state index is 12.7. The molecule has 1 aliphatic rings. The molecule has 2 N–H and O–H groups in total. The molecular weight excluding hydrogens is 470 g/mol. The summed E-state index contributed by atoms with van der Waals surface area (Å²) in [5.74, 6) is 0.313. The van der Waals surface area contributed by atoms with E-state index in [1.165, 1.54) is 29.6 Å². The van der Waals surface area contributed by atoms with Crippen molar-refractivity contribution in [3.63, 3.8) is 0 Å². The molecule has 11 heteroatoms. The Hall–Kier alpha value is -3.18. The number of carbonyl (C=O) groups excluding carboxylic acids is 2. The second-order valence-corrected chi connectivity index (χ2v) is 10.7. The Kier molecular flexibility index (Phi) is 6.38. The van der Waals surface area contributed by atoms with E-state index in [1.54, 1.807) is 0 Å². The summed E-state index contributed by atoms with van der Waals surface area (Å²) in [6, 6.07) is 8.07. The van der Waals surface area contributed by atoms with Crippen molar-refractivity contribution in [2.45, 2.75) is 50.9 Å². The number of aryl methyl sites for hydroxylation is 1. The minimum absolute atomic E-state index is 0.0973. The minimum Gasteiger partial charge on any atom is -0.350 e. The molecule has 1 saturated carbocycles. The second kappa shape index (κ2) is 9.59. The van der Waals surface area contributed by atoms with Gasteiger partial charge in [-0.05, 0) is 30.9 Å². The first kappa shape index (κ1) is 22.6. The van der Waals surface area contributed by atoms with Crippen LogP contribution in [0.15, 0.2) is 30.5 Å². The van der Waals surface area contributed by atoms with E-state index in [0.29, 0.717) is 10.3 Å². The SMILES string of the molecule is CC(=O)Nc1nnc([C@H]2CCC[C@H](c3nnc(NC(=O)Cc4cn(C)c5ccccc45)s3)C2)s1. The zero-order chi connectivity index (χ0) is 23.7. The molecule has 3 heterocycles. The summed E-state index contributed by atoms with van der Waals surface area (Å²) in [6.07, 6.45) is 6.34. The third-order valence-corrected chi connectivity index (χ3v) is 8.12. The Bertz CT molecular complexity index is 1340. The Morgan fingerprint density at radius 2 is 1.65 bits per heavy atom. The molecular formula is C23H25N7O2S2. The molecule has 4 aromatic rings. The van der Waals surface area contributed by atoms with E-state index in [-0.39, 0.29) is 30.1 Å². The summed E-state index contributed by atoms with van der Waals surface area (Å²) in [6.45, 7) is 1.46. The van der Waals surface area contributed by atoms with Gasteiger partial charge in [0.25, 0.3) is 0 Å². The predicted octanol–water partition coefficient (Wildman–Crippen LogP) is 4.46. The summed E-state index contributed by atoms with van der Waals surface area (Å²) in [5, 5.41) is 26.7. The number of aromatic nitrogens is 5. The lowest BCUT2D eigenvalue weighted by Crippen LogP contribution is -2.14. The van der Waals surface area contributed by atoms with Crippen LogP contribution in [0.2, 0.25) is 0 Å². The summed E-state index contributed by atoms with van der Waals surface area (Å²) in [5.41, 5.74) is 2.10. The van der Waals surface area contributed by atoms with Gasteiger partial charge in [0.2, 0.25) is 22.1 Å². The highest BCUT2D eigenvalue weighted by Crippen LogP contribution is 2.43. The Morgan fingerprint density at radius 1 is 1.00 bits per heavy atom. The summed E-state index contributed by atoms with van der Waals surface area (Å²) in [4.78, 5) is 24.0. The van der Waals surface area contributed by atoms with Crippen molar-refractivity contribution in [3.05, 3.63) is 46.0 Å². The van der Waals surface area contributed by atoms with Gasteiger partial charge in [0.15, 0.2) is 0 Å². The van der Waals surface area contributed by atoms with Crippen LogP contribution in [0.5, 0.6) is 0 Å². The molecule has 2 atom stereocenters. The third kappa shape index (κ3) is 4.85. The predicted molar refractivity (Wildman–Crippen MR) is 133 cm³/mol. The van der Waals surface area contributed by atoms with Gasteiger partial charge in [-0.15, -0.1) is 20.4 Å². The Balaban J connectivity index is 1.22. The normalized spacial score (nSPS) is 18.2. The average Bonchev–Trinajstić information content (AvgIpc) is 3.54. The van der Waals surface area contributed by atoms with Gasteiger partial charge in [-0.2, -0.15) is 0 Å². The number of nitrogens with zero attached hydrogens (tertiary/aromatic N) is 5. The molecule has 0 spiro atoms. The van der Waals surface area contributed by atoms with Crippen LogP contribution in [-0.2, 0) is 23.1 Å². The van der Waals surface area contributed by atoms with Crippen LogP contribution < -0.4 is 10.6 Å². The van der Waals surface area contributed by atoms with E-state index >= 15 is 0 Å². The van der Waals surface area contributed by atoms with Crippen LogP contribution in [0.25, 0.3) is 10.9 Å². The highest BCUT2D eigenvalue weighted by atomic mass is 32.1. The molecule has 9 nitrogen and oxygen atoms in total. The number of hydrogen-bond donors (Lipinski definition) is 2. The third-order valence-electron chi connectivity index (χ3n) is 6.11. The number of amides is 2. The highest BCUT2D eigenvalue weighted by Gasteiger charge is 2.29. The summed E-state index contributed by atoms with van der Waals surface area (Å²) in [7, 11) is 1.99. The lowest BCUT2D eigenvalue weighted by molar-refractivity contribution is -0.116. The van der Waals surface area contributed by atoms with Gasteiger partial charge in [0.05, 0.1) is 6.42 Å². The van der Waals surface area contributed by atoms with Crippen molar-refractivity contribution >= 4 is 55.7 Å². The van der Waals surface area contributed by atoms with Gasteiger partial charge < -0.3 is 15.2 Å². The molecule has 0 aliphatic heterocycles. The first-order valence-corrected chi connectivity index (χ1v) is 12.9. The Morgan fingerprint density at radius 3 is 2.32 bits per heavy atom. The van der Waals surface area contributed by atoms with Gasteiger partial charge in [0.1, 0.15) is 10.0 Å².